The number of benzene rings is 21. The van der Waals surface area contributed by atoms with Crippen molar-refractivity contribution in [3.05, 3.63) is 522 Å². The summed E-state index contributed by atoms with van der Waals surface area (Å²) >= 11 is 0. The molecule has 0 saturated carbocycles. The third kappa shape index (κ3) is 13.9. The van der Waals surface area contributed by atoms with E-state index in [1.54, 1.807) is 0 Å². The lowest BCUT2D eigenvalue weighted by molar-refractivity contribution is 0.658. The second-order valence-electron chi connectivity index (χ2n) is 42.7. The molecule has 0 N–H and O–H groups in total. The number of rotatable bonds is 12. The number of hydrogen-bond acceptors (Lipinski definition) is 3. The number of hydrogen-bond donors (Lipinski definition) is 0. The minimum atomic E-state index is -0.150. The minimum Gasteiger partial charge on any atom is -0.310 e. The molecule has 0 radical (unpaired) electrons. The van der Waals surface area contributed by atoms with Crippen LogP contribution >= 0.6 is 0 Å². The fourth-order valence-corrected chi connectivity index (χ4v) is 25.1. The lowest BCUT2D eigenvalue weighted by atomic mass is 9.81. The summed E-state index contributed by atoms with van der Waals surface area (Å²) in [5.41, 5.74) is 50.1. The van der Waals surface area contributed by atoms with Crippen molar-refractivity contribution in [2.45, 2.75) is 116 Å². The van der Waals surface area contributed by atoms with Gasteiger partial charge in [0.15, 0.2) is 0 Å². The van der Waals surface area contributed by atoms with E-state index in [0.29, 0.717) is 0 Å². The quantitative estimate of drug-likeness (QED) is 0.121. The largest absolute Gasteiger partial charge is 0.310 e. The smallest absolute Gasteiger partial charge is 0.0543 e. The fraction of sp³-hybridized carbons (Fsp3) is 0.130. The van der Waals surface area contributed by atoms with Gasteiger partial charge in [-0.2, -0.15) is 0 Å². The number of fused-ring (bicyclic) bond motifs is 21. The first kappa shape index (κ1) is 86.4. The Morgan fingerprint density at radius 3 is 0.865 bits per heavy atom. The van der Waals surface area contributed by atoms with Crippen LogP contribution in [0.5, 0.6) is 0 Å². The van der Waals surface area contributed by atoms with Crippen molar-refractivity contribution >= 4 is 83.5 Å². The number of anilines is 9. The molecule has 21 aromatic rings. The van der Waals surface area contributed by atoms with Gasteiger partial charge in [0.05, 0.1) is 11.4 Å². The maximum Gasteiger partial charge on any atom is 0.0543 e. The molecule has 0 aliphatic heterocycles. The highest BCUT2D eigenvalue weighted by atomic mass is 15.2. The van der Waals surface area contributed by atoms with Gasteiger partial charge in [-0.1, -0.05) is 423 Å². The third-order valence-electron chi connectivity index (χ3n) is 32.5. The van der Waals surface area contributed by atoms with E-state index in [0.717, 1.165) is 17.1 Å². The molecular formula is C138H111N3. The molecular weight excluding hydrogens is 1700 g/mol. The van der Waals surface area contributed by atoms with Crippen molar-refractivity contribution in [2.75, 3.05) is 14.7 Å². The van der Waals surface area contributed by atoms with Crippen LogP contribution in [0.4, 0.5) is 51.2 Å². The Kier molecular flexibility index (Phi) is 20.1. The molecule has 6 aliphatic carbocycles. The van der Waals surface area contributed by atoms with E-state index in [1.165, 1.54) is 233 Å². The van der Waals surface area contributed by atoms with Crippen LogP contribution in [0.2, 0.25) is 0 Å². The average Bonchev–Trinajstić information content (AvgIpc) is 1.57. The molecule has 21 aromatic carbocycles. The molecule has 3 heteroatoms. The molecule has 0 unspecified atom stereocenters. The van der Waals surface area contributed by atoms with E-state index in [9.17, 15) is 0 Å². The van der Waals surface area contributed by atoms with Crippen molar-refractivity contribution in [1.29, 1.82) is 0 Å². The molecule has 0 fully saturated rings. The van der Waals surface area contributed by atoms with Gasteiger partial charge in [0.1, 0.15) is 0 Å². The summed E-state index contributed by atoms with van der Waals surface area (Å²) in [4.78, 5) is 7.44. The zero-order valence-electron chi connectivity index (χ0n) is 82.1. The van der Waals surface area contributed by atoms with Gasteiger partial charge >= 0.3 is 0 Å². The summed E-state index contributed by atoms with van der Waals surface area (Å²) in [6.45, 7) is 28.4. The Morgan fingerprint density at radius 1 is 0.135 bits per heavy atom. The van der Waals surface area contributed by atoms with E-state index in [2.05, 4.69) is 553 Å². The van der Waals surface area contributed by atoms with Gasteiger partial charge in [0.25, 0.3) is 0 Å². The van der Waals surface area contributed by atoms with Crippen LogP contribution in [0, 0.1) is 0 Å². The summed E-state index contributed by atoms with van der Waals surface area (Å²) in [7, 11) is 0. The normalized spacial score (nSPS) is 14.7. The topological polar surface area (TPSA) is 9.72 Å². The van der Waals surface area contributed by atoms with E-state index in [-0.39, 0.29) is 32.5 Å². The molecule has 0 saturated heterocycles. The summed E-state index contributed by atoms with van der Waals surface area (Å²) < 4.78 is 0. The second-order valence-corrected chi connectivity index (χ2v) is 42.7. The Labute approximate surface area is 829 Å². The summed E-state index contributed by atoms with van der Waals surface area (Å²) in [6.07, 6.45) is 0. The van der Waals surface area contributed by atoms with Gasteiger partial charge in [-0.25, -0.2) is 0 Å². The van der Waals surface area contributed by atoms with Gasteiger partial charge < -0.3 is 14.7 Å². The van der Waals surface area contributed by atoms with E-state index in [4.69, 9.17) is 0 Å². The third-order valence-corrected chi connectivity index (χ3v) is 32.5. The van der Waals surface area contributed by atoms with Crippen LogP contribution in [0.25, 0.3) is 132 Å². The molecule has 0 heterocycles. The molecule has 678 valence electrons. The lowest BCUT2D eigenvalue weighted by Crippen LogP contribution is -2.21. The molecule has 6 aliphatic rings. The van der Waals surface area contributed by atoms with Gasteiger partial charge in [-0.3, -0.25) is 0 Å². The Hall–Kier alpha value is -16.2. The molecule has 0 bridgehead atoms. The Balaban J connectivity index is 0.000000111. The maximum absolute atomic E-state index is 2.51. The highest BCUT2D eigenvalue weighted by Gasteiger charge is 2.45. The molecule has 0 spiro atoms. The monoisotopic (exact) mass is 1810 g/mol. The molecule has 0 atom stereocenters. The van der Waals surface area contributed by atoms with Crippen molar-refractivity contribution in [3.8, 4) is 100 Å². The predicted octanol–water partition coefficient (Wildman–Crippen LogP) is 37.8. The van der Waals surface area contributed by atoms with Gasteiger partial charge in [-0.05, 0) is 309 Å². The van der Waals surface area contributed by atoms with Gasteiger partial charge in [0, 0.05) is 77.9 Å². The van der Waals surface area contributed by atoms with Gasteiger partial charge in [0.2, 0.25) is 0 Å². The van der Waals surface area contributed by atoms with Crippen LogP contribution in [-0.4, -0.2) is 0 Å². The lowest BCUT2D eigenvalue weighted by Gasteiger charge is -2.33. The first-order valence-electron chi connectivity index (χ1n) is 50.1. The van der Waals surface area contributed by atoms with Gasteiger partial charge in [-0.15, -0.1) is 0 Å². The first-order chi connectivity index (χ1) is 68.4. The fourth-order valence-electron chi connectivity index (χ4n) is 25.1. The number of nitrogens with zero attached hydrogens (tertiary/aromatic N) is 3. The van der Waals surface area contributed by atoms with Crippen molar-refractivity contribution in [2.24, 2.45) is 0 Å². The second kappa shape index (κ2) is 32.7. The molecule has 3 nitrogen and oxygen atoms in total. The van der Waals surface area contributed by atoms with Crippen LogP contribution in [0.15, 0.2) is 455 Å². The highest BCUT2D eigenvalue weighted by Crippen LogP contribution is 2.61. The maximum atomic E-state index is 2.51. The van der Waals surface area contributed by atoms with Crippen molar-refractivity contribution < 1.29 is 0 Å². The molecule has 0 aromatic heterocycles. The SMILES string of the molecule is CC1(C)c2ccccc2-c2cc(N(c3ccc(-c4ccc5ccccc5c4)cc3)c3ccc4c(c3)C(C)(C)c3ccccc3-4)ccc21.CC1(C)c2ccccc2-c2ccc(N(c3ccc(-c4ccc5ccccc5c4)cc3)c3cccc4c3-c3ccccc3C4(C)C)cc21.CC1(C)c2ccccc2-c2ccc(N(c3cccc(-c4ccc5ccccc5c4)c3)c3cccc4c3C(C)(C)c3ccccc3-4)cc21. The molecule has 141 heavy (non-hydrogen) atoms. The molecule has 0 amide bonds. The van der Waals surface area contributed by atoms with Crippen LogP contribution < -0.4 is 14.7 Å². The van der Waals surface area contributed by atoms with E-state index in [1.807, 2.05) is 0 Å². The van der Waals surface area contributed by atoms with Crippen molar-refractivity contribution in [3.63, 3.8) is 0 Å². The summed E-state index contributed by atoms with van der Waals surface area (Å²) in [5.74, 6) is 0. The van der Waals surface area contributed by atoms with Crippen LogP contribution in [-0.2, 0) is 32.5 Å². The Bertz CT molecular complexity index is 8680. The highest BCUT2D eigenvalue weighted by molar-refractivity contribution is 6.00. The standard InChI is InChI=1S/3C46H37N/c1-45(2)40-20-9-7-17-36(40)38-26-25-35(29-42(38)45)47(43-22-12-19-39-37-18-8-10-21-41(37)46(3,4)44(39)43)34-16-11-15-32(28-34)33-24-23-30-13-5-6-14-31(30)27-33;1-45(2)40-17-10-8-15-38(40)44-41(45)18-11-19-43(44)47(35-26-27-37-36-14-7-9-16-39(36)46(3,4)42(37)29-35)34-24-22-31(23-25-34)33-21-20-30-12-5-6-13-32(30)28-33;1-45(2)42-16-10-8-14-38(42)40-28-35(24-26-43(40)45)47(36-23-25-39-37-13-7-9-15-41(37)46(3,4)44(39)29-36)34-21-19-31(20-22-34)33-18-17-30-11-5-6-12-32(30)27-33/h3*5-29H,1-4H3. The summed E-state index contributed by atoms with van der Waals surface area (Å²) in [5, 5.41) is 7.58. The zero-order chi connectivity index (χ0) is 95.7. The van der Waals surface area contributed by atoms with Crippen LogP contribution in [0.1, 0.15) is 150 Å². The average molecular weight is 1810 g/mol. The minimum absolute atomic E-state index is 0.0276. The van der Waals surface area contributed by atoms with Crippen molar-refractivity contribution in [1.82, 2.24) is 0 Å². The first-order valence-corrected chi connectivity index (χ1v) is 50.1. The van der Waals surface area contributed by atoms with E-state index >= 15 is 0 Å². The van der Waals surface area contributed by atoms with Crippen LogP contribution in [0.3, 0.4) is 0 Å². The zero-order valence-corrected chi connectivity index (χ0v) is 82.1. The molecule has 27 rings (SSSR count). The Morgan fingerprint density at radius 2 is 0.404 bits per heavy atom. The summed E-state index contributed by atoms with van der Waals surface area (Å²) in [6, 6.07) is 169. The predicted molar refractivity (Wildman–Crippen MR) is 598 cm³/mol. The van der Waals surface area contributed by atoms with E-state index < -0.39 is 0 Å².